The highest BCUT2D eigenvalue weighted by Crippen LogP contribution is 2.43. The minimum Gasteiger partial charge on any atom is -0.211 e. The van der Waals surface area contributed by atoms with Gasteiger partial charge in [-0.3, -0.25) is 0 Å². The number of carbonyl (C=O) groups excluding carboxylic acids is 1. The van der Waals surface area contributed by atoms with Gasteiger partial charge in [-0.1, -0.05) is 44.5 Å². The molecular formula is C16H21NO. The molecule has 1 fully saturated rings. The third-order valence-corrected chi connectivity index (χ3v) is 3.95. The Morgan fingerprint density at radius 3 is 3.00 bits per heavy atom. The predicted molar refractivity (Wildman–Crippen MR) is 73.3 cm³/mol. The molecule has 1 saturated carbocycles. The van der Waals surface area contributed by atoms with Gasteiger partial charge >= 0.3 is 0 Å². The molecular weight excluding hydrogens is 222 g/mol. The normalized spacial score (nSPS) is 22.2. The molecule has 0 aliphatic heterocycles. The second kappa shape index (κ2) is 5.49. The highest BCUT2D eigenvalue weighted by molar-refractivity contribution is 5.34. The summed E-state index contributed by atoms with van der Waals surface area (Å²) in [5.74, 6) is 0.661. The summed E-state index contributed by atoms with van der Waals surface area (Å²) in [5, 5.41) is 0. The van der Waals surface area contributed by atoms with Crippen molar-refractivity contribution in [3.8, 4) is 0 Å². The van der Waals surface area contributed by atoms with Crippen LogP contribution in [-0.4, -0.2) is 6.08 Å². The van der Waals surface area contributed by atoms with E-state index in [1.807, 2.05) is 6.07 Å². The van der Waals surface area contributed by atoms with Crippen LogP contribution in [0.1, 0.15) is 56.6 Å². The molecule has 1 unspecified atom stereocenters. The van der Waals surface area contributed by atoms with E-state index in [0.29, 0.717) is 17.9 Å². The third kappa shape index (κ3) is 3.30. The Bertz CT molecular complexity index is 458. The number of aliphatic imine (C=N–C) groups is 1. The first-order chi connectivity index (χ1) is 8.61. The highest BCUT2D eigenvalue weighted by Gasteiger charge is 2.28. The Hall–Kier alpha value is -1.40. The summed E-state index contributed by atoms with van der Waals surface area (Å²) in [5.41, 5.74) is 2.97. The summed E-state index contributed by atoms with van der Waals surface area (Å²) in [4.78, 5) is 13.8. The SMILES string of the molecule is CC1(C)CCCC(c2cccc(CN=C=O)c2)C1. The van der Waals surface area contributed by atoms with Crippen molar-refractivity contribution in [1.29, 1.82) is 0 Å². The Morgan fingerprint density at radius 2 is 2.28 bits per heavy atom. The maximum Gasteiger partial charge on any atom is 0.235 e. The molecule has 0 radical (unpaired) electrons. The van der Waals surface area contributed by atoms with Crippen LogP contribution in [0.15, 0.2) is 29.3 Å². The molecule has 0 bridgehead atoms. The van der Waals surface area contributed by atoms with Crippen LogP contribution in [0.2, 0.25) is 0 Å². The van der Waals surface area contributed by atoms with Crippen molar-refractivity contribution in [1.82, 2.24) is 0 Å². The van der Waals surface area contributed by atoms with Gasteiger partial charge in [-0.05, 0) is 41.7 Å². The zero-order valence-corrected chi connectivity index (χ0v) is 11.3. The smallest absolute Gasteiger partial charge is 0.211 e. The van der Waals surface area contributed by atoms with Gasteiger partial charge < -0.3 is 0 Å². The topological polar surface area (TPSA) is 29.4 Å². The van der Waals surface area contributed by atoms with E-state index in [0.717, 1.165) is 5.56 Å². The molecule has 1 aliphatic carbocycles. The first-order valence-corrected chi connectivity index (χ1v) is 6.73. The Morgan fingerprint density at radius 1 is 1.44 bits per heavy atom. The molecule has 0 saturated heterocycles. The number of hydrogen-bond acceptors (Lipinski definition) is 2. The molecule has 2 heteroatoms. The van der Waals surface area contributed by atoms with Gasteiger partial charge in [-0.15, -0.1) is 0 Å². The van der Waals surface area contributed by atoms with Crippen LogP contribution >= 0.6 is 0 Å². The standard InChI is InChI=1S/C16H21NO/c1-16(2)8-4-7-15(10-16)14-6-3-5-13(9-14)11-17-12-18/h3,5-6,9,15H,4,7-8,10-11H2,1-2H3. The first kappa shape index (κ1) is 13.0. The third-order valence-electron chi connectivity index (χ3n) is 3.95. The summed E-state index contributed by atoms with van der Waals surface area (Å²) in [6, 6.07) is 8.51. The molecule has 18 heavy (non-hydrogen) atoms. The summed E-state index contributed by atoms with van der Waals surface area (Å²) >= 11 is 0. The van der Waals surface area contributed by atoms with Gasteiger partial charge in [0, 0.05) is 0 Å². The van der Waals surface area contributed by atoms with Gasteiger partial charge in [0.1, 0.15) is 0 Å². The lowest BCUT2D eigenvalue weighted by atomic mass is 9.70. The number of hydrogen-bond donors (Lipinski definition) is 0. The van der Waals surface area contributed by atoms with Gasteiger partial charge in [0.05, 0.1) is 6.54 Å². The van der Waals surface area contributed by atoms with Crippen molar-refractivity contribution in [2.24, 2.45) is 10.4 Å². The van der Waals surface area contributed by atoms with Crippen LogP contribution < -0.4 is 0 Å². The van der Waals surface area contributed by atoms with Crippen molar-refractivity contribution in [2.45, 2.75) is 52.0 Å². The van der Waals surface area contributed by atoms with Crippen molar-refractivity contribution >= 4 is 6.08 Å². The number of isocyanates is 1. The summed E-state index contributed by atoms with van der Waals surface area (Å²) in [7, 11) is 0. The quantitative estimate of drug-likeness (QED) is 0.577. The molecule has 0 spiro atoms. The molecule has 1 aromatic rings. The zero-order chi connectivity index (χ0) is 13.0. The van der Waals surface area contributed by atoms with Crippen LogP contribution in [0.25, 0.3) is 0 Å². The molecule has 2 nitrogen and oxygen atoms in total. The molecule has 0 aromatic heterocycles. The number of nitrogens with zero attached hydrogens (tertiary/aromatic N) is 1. The summed E-state index contributed by atoms with van der Waals surface area (Å²) in [6.45, 7) is 5.17. The summed E-state index contributed by atoms with van der Waals surface area (Å²) < 4.78 is 0. The maximum absolute atomic E-state index is 10.2. The van der Waals surface area contributed by atoms with Crippen molar-refractivity contribution < 1.29 is 4.79 Å². The van der Waals surface area contributed by atoms with Crippen molar-refractivity contribution in [3.63, 3.8) is 0 Å². The highest BCUT2D eigenvalue weighted by atomic mass is 16.1. The zero-order valence-electron chi connectivity index (χ0n) is 11.3. The Balaban J connectivity index is 2.14. The lowest BCUT2D eigenvalue weighted by Gasteiger charge is -2.35. The maximum atomic E-state index is 10.2. The van der Waals surface area contributed by atoms with Gasteiger partial charge in [0.25, 0.3) is 0 Å². The molecule has 0 N–H and O–H groups in total. The van der Waals surface area contributed by atoms with Crippen molar-refractivity contribution in [3.05, 3.63) is 35.4 Å². The van der Waals surface area contributed by atoms with Gasteiger partial charge in [-0.25, -0.2) is 9.79 Å². The summed E-state index contributed by atoms with van der Waals surface area (Å²) in [6.07, 6.45) is 6.79. The molecule has 1 aromatic carbocycles. The number of rotatable bonds is 3. The van der Waals surface area contributed by atoms with E-state index in [-0.39, 0.29) is 0 Å². The van der Waals surface area contributed by atoms with Gasteiger partial charge in [0.2, 0.25) is 6.08 Å². The molecule has 96 valence electrons. The lowest BCUT2D eigenvalue weighted by molar-refractivity contribution is 0.219. The van der Waals surface area contributed by atoms with E-state index in [4.69, 9.17) is 0 Å². The van der Waals surface area contributed by atoms with E-state index in [2.05, 4.69) is 37.0 Å². The van der Waals surface area contributed by atoms with Crippen LogP contribution in [0, 0.1) is 5.41 Å². The molecule has 1 atom stereocenters. The second-order valence-electron chi connectivity index (χ2n) is 6.11. The fraction of sp³-hybridized carbons (Fsp3) is 0.562. The van der Waals surface area contributed by atoms with E-state index in [1.165, 1.54) is 31.2 Å². The molecule has 2 rings (SSSR count). The fourth-order valence-electron chi connectivity index (χ4n) is 3.05. The minimum atomic E-state index is 0.452. The largest absolute Gasteiger partial charge is 0.235 e. The predicted octanol–water partition coefficient (Wildman–Crippen LogP) is 4.21. The average molecular weight is 243 g/mol. The van der Waals surface area contributed by atoms with Crippen LogP contribution in [0.3, 0.4) is 0 Å². The van der Waals surface area contributed by atoms with E-state index < -0.39 is 0 Å². The second-order valence-corrected chi connectivity index (χ2v) is 6.11. The van der Waals surface area contributed by atoms with Crippen LogP contribution in [0.5, 0.6) is 0 Å². The molecule has 1 aliphatic rings. The first-order valence-electron chi connectivity index (χ1n) is 6.73. The lowest BCUT2D eigenvalue weighted by Crippen LogP contribution is -2.21. The molecule has 0 heterocycles. The minimum absolute atomic E-state index is 0.452. The van der Waals surface area contributed by atoms with Crippen LogP contribution in [-0.2, 0) is 11.3 Å². The van der Waals surface area contributed by atoms with E-state index >= 15 is 0 Å². The Labute approximate surface area is 109 Å². The van der Waals surface area contributed by atoms with Gasteiger partial charge in [0.15, 0.2) is 0 Å². The van der Waals surface area contributed by atoms with Crippen molar-refractivity contribution in [2.75, 3.05) is 0 Å². The monoisotopic (exact) mass is 243 g/mol. The van der Waals surface area contributed by atoms with Crippen LogP contribution in [0.4, 0.5) is 0 Å². The average Bonchev–Trinajstić information content (AvgIpc) is 2.35. The van der Waals surface area contributed by atoms with Gasteiger partial charge in [-0.2, -0.15) is 0 Å². The fourth-order valence-corrected chi connectivity index (χ4v) is 3.05. The van der Waals surface area contributed by atoms with E-state index in [9.17, 15) is 4.79 Å². The molecule has 0 amide bonds. The van der Waals surface area contributed by atoms with E-state index in [1.54, 1.807) is 6.08 Å². The number of benzene rings is 1. The Kier molecular flexibility index (Phi) is 3.98.